The highest BCUT2D eigenvalue weighted by atomic mass is 79.9. The second-order valence-corrected chi connectivity index (χ2v) is 6.02. The maximum atomic E-state index is 13.0. The van der Waals surface area contributed by atoms with Gasteiger partial charge in [0, 0.05) is 6.42 Å². The number of halogens is 3. The minimum atomic E-state index is -0.333. The van der Waals surface area contributed by atoms with Crippen molar-refractivity contribution in [1.82, 2.24) is 0 Å². The van der Waals surface area contributed by atoms with E-state index < -0.39 is 0 Å². The lowest BCUT2D eigenvalue weighted by atomic mass is 10.1. The number of rotatable bonds is 3. The van der Waals surface area contributed by atoms with E-state index in [0.717, 1.165) is 5.56 Å². The molecule has 0 spiro atoms. The largest absolute Gasteiger partial charge is 0.293 e. The van der Waals surface area contributed by atoms with E-state index >= 15 is 0 Å². The summed E-state index contributed by atoms with van der Waals surface area (Å²) in [6.07, 6.45) is 0.246. The van der Waals surface area contributed by atoms with Gasteiger partial charge in [0.05, 0.1) is 13.7 Å². The van der Waals surface area contributed by atoms with E-state index in [1.165, 1.54) is 17.4 Å². The number of Topliss-reactive ketones (excluding diaryl/α,β-unsaturated/α-hetero) is 1. The summed E-state index contributed by atoms with van der Waals surface area (Å²) in [6.45, 7) is 0. The molecule has 0 aliphatic carbocycles. The van der Waals surface area contributed by atoms with E-state index in [-0.39, 0.29) is 18.0 Å². The molecule has 0 unspecified atom stereocenters. The smallest absolute Gasteiger partial charge is 0.177 e. The Hall–Kier alpha value is -0.710. The van der Waals surface area contributed by atoms with Gasteiger partial charge in [-0.25, -0.2) is 4.39 Å². The summed E-state index contributed by atoms with van der Waals surface area (Å²) in [6, 6.07) is 7.96. The van der Waals surface area contributed by atoms with Crippen molar-refractivity contribution in [2.45, 2.75) is 6.42 Å². The summed E-state index contributed by atoms with van der Waals surface area (Å²) in [7, 11) is 0. The predicted octanol–water partition coefficient (Wildman–Crippen LogP) is 4.73. The Bertz CT molecular complexity index is 567. The standard InChI is InChI=1S/C12H7BrClFOS/c13-8-5-7(1-2-9(8)15)6-10(16)11-3-4-12(14)17-11/h1-5H,6H2. The van der Waals surface area contributed by atoms with Crippen molar-refractivity contribution in [1.29, 1.82) is 0 Å². The lowest BCUT2D eigenvalue weighted by molar-refractivity contribution is 0.0997. The molecule has 1 aromatic carbocycles. The molecular weight excluding hydrogens is 327 g/mol. The highest BCUT2D eigenvalue weighted by molar-refractivity contribution is 9.10. The van der Waals surface area contributed by atoms with Crippen molar-refractivity contribution in [2.75, 3.05) is 0 Å². The molecule has 5 heteroatoms. The number of benzene rings is 1. The van der Waals surface area contributed by atoms with Gasteiger partial charge in [0.2, 0.25) is 0 Å². The Morgan fingerprint density at radius 1 is 1.35 bits per heavy atom. The molecular formula is C12H7BrClFOS. The van der Waals surface area contributed by atoms with Crippen molar-refractivity contribution in [3.8, 4) is 0 Å². The fourth-order valence-electron chi connectivity index (χ4n) is 1.39. The second-order valence-electron chi connectivity index (χ2n) is 3.45. The molecule has 17 heavy (non-hydrogen) atoms. The van der Waals surface area contributed by atoms with Crippen LogP contribution in [0.2, 0.25) is 4.34 Å². The summed E-state index contributed by atoms with van der Waals surface area (Å²) in [5, 5.41) is 0. The summed E-state index contributed by atoms with van der Waals surface area (Å²) < 4.78 is 14.0. The Kier molecular flexibility index (Phi) is 3.97. The molecule has 0 N–H and O–H groups in total. The van der Waals surface area contributed by atoms with Gasteiger partial charge in [0.15, 0.2) is 5.78 Å². The molecule has 2 rings (SSSR count). The number of hydrogen-bond acceptors (Lipinski definition) is 2. The van der Waals surface area contributed by atoms with Crippen LogP contribution < -0.4 is 0 Å². The average molecular weight is 334 g/mol. The molecule has 0 radical (unpaired) electrons. The Morgan fingerprint density at radius 2 is 2.12 bits per heavy atom. The Balaban J connectivity index is 2.15. The van der Waals surface area contributed by atoms with E-state index in [2.05, 4.69) is 15.9 Å². The molecule has 0 saturated carbocycles. The van der Waals surface area contributed by atoms with E-state index in [0.29, 0.717) is 13.7 Å². The number of carbonyl (C=O) groups excluding carboxylic acids is 1. The van der Waals surface area contributed by atoms with Gasteiger partial charge in [0.25, 0.3) is 0 Å². The molecule has 0 aliphatic heterocycles. The number of ketones is 1. The van der Waals surface area contributed by atoms with Crippen molar-refractivity contribution in [2.24, 2.45) is 0 Å². The van der Waals surface area contributed by atoms with Gasteiger partial charge in [-0.1, -0.05) is 17.7 Å². The van der Waals surface area contributed by atoms with Crippen molar-refractivity contribution >= 4 is 44.7 Å². The second kappa shape index (κ2) is 5.29. The normalized spacial score (nSPS) is 10.5. The first-order valence-electron chi connectivity index (χ1n) is 4.79. The molecule has 0 fully saturated rings. The first-order chi connectivity index (χ1) is 8.06. The maximum absolute atomic E-state index is 13.0. The van der Waals surface area contributed by atoms with Crippen LogP contribution in [0.15, 0.2) is 34.8 Å². The van der Waals surface area contributed by atoms with E-state index in [9.17, 15) is 9.18 Å². The van der Waals surface area contributed by atoms with Gasteiger partial charge < -0.3 is 0 Å². The third-order valence-electron chi connectivity index (χ3n) is 2.20. The van der Waals surface area contributed by atoms with Crippen LogP contribution in [0, 0.1) is 5.82 Å². The minimum absolute atomic E-state index is 0.0135. The lowest BCUT2D eigenvalue weighted by Gasteiger charge is -2.01. The van der Waals surface area contributed by atoms with Gasteiger partial charge >= 0.3 is 0 Å². The van der Waals surface area contributed by atoms with Crippen LogP contribution >= 0.6 is 38.9 Å². The molecule has 0 amide bonds. The molecule has 88 valence electrons. The molecule has 1 heterocycles. The first kappa shape index (κ1) is 12.7. The van der Waals surface area contributed by atoms with Gasteiger partial charge in [-0.05, 0) is 45.8 Å². The number of carbonyl (C=O) groups is 1. The fourth-order valence-corrected chi connectivity index (χ4v) is 2.79. The Labute approximate surface area is 115 Å². The molecule has 0 bridgehead atoms. The van der Waals surface area contributed by atoms with Gasteiger partial charge in [-0.15, -0.1) is 11.3 Å². The SMILES string of the molecule is O=C(Cc1ccc(F)c(Br)c1)c1ccc(Cl)s1. The fraction of sp³-hybridized carbons (Fsp3) is 0.0833. The molecule has 2 aromatic rings. The van der Waals surface area contributed by atoms with Gasteiger partial charge in [0.1, 0.15) is 5.82 Å². The third-order valence-corrected chi connectivity index (χ3v) is 4.08. The van der Waals surface area contributed by atoms with Crippen LogP contribution in [0.1, 0.15) is 15.2 Å². The third kappa shape index (κ3) is 3.15. The summed E-state index contributed by atoms with van der Waals surface area (Å²) in [4.78, 5) is 12.5. The average Bonchev–Trinajstić information content (AvgIpc) is 2.70. The van der Waals surface area contributed by atoms with Crippen LogP contribution in [-0.4, -0.2) is 5.78 Å². The van der Waals surface area contributed by atoms with Crippen molar-refractivity contribution < 1.29 is 9.18 Å². The van der Waals surface area contributed by atoms with Gasteiger partial charge in [-0.2, -0.15) is 0 Å². The maximum Gasteiger partial charge on any atom is 0.177 e. The van der Waals surface area contributed by atoms with E-state index in [1.807, 2.05) is 0 Å². The highest BCUT2D eigenvalue weighted by Crippen LogP contribution is 2.24. The predicted molar refractivity (Wildman–Crippen MR) is 71.5 cm³/mol. The molecule has 0 saturated heterocycles. The monoisotopic (exact) mass is 332 g/mol. The summed E-state index contributed by atoms with van der Waals surface area (Å²) in [5.74, 6) is -0.347. The van der Waals surface area contributed by atoms with Gasteiger partial charge in [-0.3, -0.25) is 4.79 Å². The van der Waals surface area contributed by atoms with E-state index in [1.54, 1.807) is 24.3 Å². The van der Waals surface area contributed by atoms with Crippen LogP contribution in [0.3, 0.4) is 0 Å². The van der Waals surface area contributed by atoms with Crippen LogP contribution in [0.5, 0.6) is 0 Å². The van der Waals surface area contributed by atoms with Crippen molar-refractivity contribution in [3.05, 3.63) is 55.4 Å². The minimum Gasteiger partial charge on any atom is -0.293 e. The molecule has 1 aromatic heterocycles. The van der Waals surface area contributed by atoms with Crippen molar-refractivity contribution in [3.63, 3.8) is 0 Å². The first-order valence-corrected chi connectivity index (χ1v) is 6.77. The zero-order valence-electron chi connectivity index (χ0n) is 8.54. The summed E-state index contributed by atoms with van der Waals surface area (Å²) in [5.41, 5.74) is 0.771. The molecule has 0 atom stereocenters. The topological polar surface area (TPSA) is 17.1 Å². The summed E-state index contributed by atoms with van der Waals surface area (Å²) >= 11 is 10.1. The molecule has 0 aliphatic rings. The van der Waals surface area contributed by atoms with Crippen LogP contribution in [-0.2, 0) is 6.42 Å². The Morgan fingerprint density at radius 3 is 2.71 bits per heavy atom. The zero-order chi connectivity index (χ0) is 12.4. The quantitative estimate of drug-likeness (QED) is 0.742. The number of hydrogen-bond donors (Lipinski definition) is 0. The zero-order valence-corrected chi connectivity index (χ0v) is 11.7. The van der Waals surface area contributed by atoms with E-state index in [4.69, 9.17) is 11.6 Å². The number of thiophene rings is 1. The molecule has 1 nitrogen and oxygen atoms in total. The highest BCUT2D eigenvalue weighted by Gasteiger charge is 2.10. The lowest BCUT2D eigenvalue weighted by Crippen LogP contribution is -2.01. The van der Waals surface area contributed by atoms with Crippen LogP contribution in [0.4, 0.5) is 4.39 Å². The van der Waals surface area contributed by atoms with Crippen LogP contribution in [0.25, 0.3) is 0 Å².